The molecule has 3 nitrogen and oxygen atoms in total. The summed E-state index contributed by atoms with van der Waals surface area (Å²) in [6, 6.07) is 0. The van der Waals surface area contributed by atoms with Crippen LogP contribution in [0.2, 0.25) is 0 Å². The molecule has 0 rings (SSSR count). The van der Waals surface area contributed by atoms with Crippen molar-refractivity contribution in [3.8, 4) is 0 Å². The van der Waals surface area contributed by atoms with Crippen molar-refractivity contribution in [2.24, 2.45) is 5.92 Å². The second-order valence-corrected chi connectivity index (χ2v) is 5.09. The van der Waals surface area contributed by atoms with E-state index in [-0.39, 0.29) is 5.91 Å². The van der Waals surface area contributed by atoms with Crippen LogP contribution in [-0.2, 0) is 4.79 Å². The summed E-state index contributed by atoms with van der Waals surface area (Å²) < 4.78 is 0. The number of hydrogen-bond acceptors (Lipinski definition) is 2. The van der Waals surface area contributed by atoms with Crippen molar-refractivity contribution < 1.29 is 4.79 Å². The normalized spacial score (nSPS) is 12.2. The van der Waals surface area contributed by atoms with E-state index in [0.29, 0.717) is 5.92 Å². The molecule has 0 aromatic rings. The lowest BCUT2D eigenvalue weighted by Gasteiger charge is -2.27. The molecule has 0 aromatic carbocycles. The van der Waals surface area contributed by atoms with Crippen LogP contribution in [-0.4, -0.2) is 48.4 Å². The molecule has 0 heterocycles. The molecule has 0 saturated carbocycles. The summed E-state index contributed by atoms with van der Waals surface area (Å²) in [6.45, 7) is 15.2. The van der Waals surface area contributed by atoms with E-state index in [4.69, 9.17) is 0 Å². The molecular formula is C16H30N2O. The molecule has 0 bridgehead atoms. The standard InChI is InChI=1S/C16H30N2O/c1-6-9-10-11-16(19)18(14-15(4)5)13-12-17(7-2)8-3/h6,9-11,15H,7-8,12-14H2,1-5H3/b9-6?,11-10+. The van der Waals surface area contributed by atoms with Crippen LogP contribution in [0, 0.1) is 5.92 Å². The molecule has 0 atom stereocenters. The molecule has 0 aliphatic rings. The zero-order chi connectivity index (χ0) is 14.7. The molecule has 0 unspecified atom stereocenters. The Labute approximate surface area is 119 Å². The summed E-state index contributed by atoms with van der Waals surface area (Å²) in [7, 11) is 0. The highest BCUT2D eigenvalue weighted by atomic mass is 16.2. The fourth-order valence-corrected chi connectivity index (χ4v) is 1.89. The quantitative estimate of drug-likeness (QED) is 0.473. The van der Waals surface area contributed by atoms with E-state index in [0.717, 1.165) is 32.7 Å². The monoisotopic (exact) mass is 266 g/mol. The van der Waals surface area contributed by atoms with Gasteiger partial charge in [0.1, 0.15) is 0 Å². The first-order valence-electron chi connectivity index (χ1n) is 7.35. The number of likely N-dealkylation sites (N-methyl/N-ethyl adjacent to an activating group) is 1. The van der Waals surface area contributed by atoms with Crippen LogP contribution in [0.1, 0.15) is 34.6 Å². The van der Waals surface area contributed by atoms with Gasteiger partial charge in [0.15, 0.2) is 0 Å². The zero-order valence-corrected chi connectivity index (χ0v) is 13.2. The molecule has 0 fully saturated rings. The largest absolute Gasteiger partial charge is 0.338 e. The summed E-state index contributed by atoms with van der Waals surface area (Å²) in [5.41, 5.74) is 0. The molecule has 0 aliphatic carbocycles. The number of rotatable bonds is 9. The maximum absolute atomic E-state index is 12.1. The van der Waals surface area contributed by atoms with Crippen molar-refractivity contribution in [2.45, 2.75) is 34.6 Å². The molecule has 0 N–H and O–H groups in total. The maximum Gasteiger partial charge on any atom is 0.246 e. The van der Waals surface area contributed by atoms with E-state index < -0.39 is 0 Å². The third-order valence-electron chi connectivity index (χ3n) is 3.02. The lowest BCUT2D eigenvalue weighted by Crippen LogP contribution is -2.39. The van der Waals surface area contributed by atoms with Gasteiger partial charge in [-0.15, -0.1) is 0 Å². The van der Waals surface area contributed by atoms with E-state index in [1.165, 1.54) is 0 Å². The molecule has 0 saturated heterocycles. The highest BCUT2D eigenvalue weighted by Gasteiger charge is 2.13. The SMILES string of the molecule is CC=C/C=C/C(=O)N(CCN(CC)CC)CC(C)C. The van der Waals surface area contributed by atoms with Gasteiger partial charge in [-0.25, -0.2) is 0 Å². The molecule has 1 amide bonds. The lowest BCUT2D eigenvalue weighted by molar-refractivity contribution is -0.126. The Hall–Kier alpha value is -1.09. The number of carbonyl (C=O) groups is 1. The minimum Gasteiger partial charge on any atom is -0.338 e. The Bertz CT molecular complexity index is 291. The number of nitrogens with zero attached hydrogens (tertiary/aromatic N) is 2. The topological polar surface area (TPSA) is 23.6 Å². The zero-order valence-electron chi connectivity index (χ0n) is 13.2. The average molecular weight is 266 g/mol. The highest BCUT2D eigenvalue weighted by molar-refractivity contribution is 5.87. The number of hydrogen-bond donors (Lipinski definition) is 0. The Morgan fingerprint density at radius 2 is 1.74 bits per heavy atom. The van der Waals surface area contributed by atoms with Gasteiger partial charge in [-0.05, 0) is 25.9 Å². The molecule has 0 aromatic heterocycles. The maximum atomic E-state index is 12.1. The third kappa shape index (κ3) is 8.60. The van der Waals surface area contributed by atoms with E-state index in [1.54, 1.807) is 6.08 Å². The second kappa shape index (κ2) is 10.8. The van der Waals surface area contributed by atoms with E-state index >= 15 is 0 Å². The first-order chi connectivity index (χ1) is 9.04. The highest BCUT2D eigenvalue weighted by Crippen LogP contribution is 2.01. The summed E-state index contributed by atoms with van der Waals surface area (Å²) in [5.74, 6) is 0.606. The summed E-state index contributed by atoms with van der Waals surface area (Å²) in [5, 5.41) is 0. The van der Waals surface area contributed by atoms with Crippen molar-refractivity contribution in [1.29, 1.82) is 0 Å². The molecule has 3 heteroatoms. The number of allylic oxidation sites excluding steroid dienone is 3. The number of amides is 1. The van der Waals surface area contributed by atoms with Crippen LogP contribution >= 0.6 is 0 Å². The van der Waals surface area contributed by atoms with Gasteiger partial charge in [0.25, 0.3) is 0 Å². The molecule has 19 heavy (non-hydrogen) atoms. The van der Waals surface area contributed by atoms with Crippen LogP contribution in [0.25, 0.3) is 0 Å². The van der Waals surface area contributed by atoms with Crippen LogP contribution in [0.3, 0.4) is 0 Å². The molecular weight excluding hydrogens is 236 g/mol. The minimum atomic E-state index is 0.110. The number of carbonyl (C=O) groups excluding carboxylic acids is 1. The van der Waals surface area contributed by atoms with Gasteiger partial charge in [0, 0.05) is 25.7 Å². The first kappa shape index (κ1) is 17.9. The Morgan fingerprint density at radius 3 is 2.21 bits per heavy atom. The van der Waals surface area contributed by atoms with Crippen LogP contribution in [0.15, 0.2) is 24.3 Å². The summed E-state index contributed by atoms with van der Waals surface area (Å²) >= 11 is 0. The van der Waals surface area contributed by atoms with Gasteiger partial charge in [0.05, 0.1) is 0 Å². The predicted octanol–water partition coefficient (Wildman–Crippen LogP) is 2.95. The third-order valence-corrected chi connectivity index (χ3v) is 3.02. The van der Waals surface area contributed by atoms with Crippen molar-refractivity contribution in [2.75, 3.05) is 32.7 Å². The van der Waals surface area contributed by atoms with Crippen molar-refractivity contribution >= 4 is 5.91 Å². The molecule has 0 aliphatic heterocycles. The van der Waals surface area contributed by atoms with E-state index in [9.17, 15) is 4.79 Å². The first-order valence-corrected chi connectivity index (χ1v) is 7.35. The second-order valence-electron chi connectivity index (χ2n) is 5.09. The van der Waals surface area contributed by atoms with Crippen molar-refractivity contribution in [3.63, 3.8) is 0 Å². The van der Waals surface area contributed by atoms with Crippen LogP contribution < -0.4 is 0 Å². The van der Waals surface area contributed by atoms with Crippen LogP contribution in [0.4, 0.5) is 0 Å². The van der Waals surface area contributed by atoms with Crippen molar-refractivity contribution in [3.05, 3.63) is 24.3 Å². The minimum absolute atomic E-state index is 0.110. The van der Waals surface area contributed by atoms with E-state index in [1.807, 2.05) is 30.1 Å². The molecule has 0 spiro atoms. The van der Waals surface area contributed by atoms with Gasteiger partial charge < -0.3 is 9.80 Å². The lowest BCUT2D eigenvalue weighted by atomic mass is 10.2. The Morgan fingerprint density at radius 1 is 1.11 bits per heavy atom. The molecule has 110 valence electrons. The fourth-order valence-electron chi connectivity index (χ4n) is 1.89. The Balaban J connectivity index is 4.48. The van der Waals surface area contributed by atoms with Gasteiger partial charge in [-0.3, -0.25) is 4.79 Å². The van der Waals surface area contributed by atoms with Crippen molar-refractivity contribution in [1.82, 2.24) is 9.80 Å². The molecule has 0 radical (unpaired) electrons. The van der Waals surface area contributed by atoms with Gasteiger partial charge in [-0.1, -0.05) is 45.9 Å². The predicted molar refractivity (Wildman–Crippen MR) is 83.2 cm³/mol. The van der Waals surface area contributed by atoms with E-state index in [2.05, 4.69) is 32.6 Å². The van der Waals surface area contributed by atoms with Crippen LogP contribution in [0.5, 0.6) is 0 Å². The summed E-state index contributed by atoms with van der Waals surface area (Å²) in [6.07, 6.45) is 7.28. The summed E-state index contributed by atoms with van der Waals surface area (Å²) in [4.78, 5) is 16.4. The van der Waals surface area contributed by atoms with Gasteiger partial charge in [-0.2, -0.15) is 0 Å². The van der Waals surface area contributed by atoms with Gasteiger partial charge >= 0.3 is 0 Å². The fraction of sp³-hybridized carbons (Fsp3) is 0.688. The average Bonchev–Trinajstić information content (AvgIpc) is 2.38. The van der Waals surface area contributed by atoms with Gasteiger partial charge in [0.2, 0.25) is 5.91 Å². The smallest absolute Gasteiger partial charge is 0.246 e. The Kier molecular flexibility index (Phi) is 10.2.